The van der Waals surface area contributed by atoms with Gasteiger partial charge in [-0.1, -0.05) is 31.2 Å². The summed E-state index contributed by atoms with van der Waals surface area (Å²) in [6.07, 6.45) is 0.992. The molecule has 8 heteroatoms. The summed E-state index contributed by atoms with van der Waals surface area (Å²) in [5, 5.41) is 2.57. The number of amides is 1. The highest BCUT2D eigenvalue weighted by Gasteiger charge is 2.20. The van der Waals surface area contributed by atoms with E-state index < -0.39 is 16.1 Å². The maximum atomic E-state index is 12.6. The van der Waals surface area contributed by atoms with Crippen LogP contribution in [0.2, 0.25) is 0 Å². The molecule has 0 spiro atoms. The Bertz CT molecular complexity index is 829. The number of hydrogen-bond donors (Lipinski definition) is 2. The van der Waals surface area contributed by atoms with Gasteiger partial charge in [0.25, 0.3) is 10.0 Å². The van der Waals surface area contributed by atoms with Gasteiger partial charge in [-0.3, -0.25) is 0 Å². The molecule has 142 valence electrons. The topological polar surface area (TPSA) is 84.5 Å². The Kier molecular flexibility index (Phi) is 7.19. The molecule has 1 heterocycles. The molecule has 0 fully saturated rings. The first kappa shape index (κ1) is 20.4. The van der Waals surface area contributed by atoms with Crippen molar-refractivity contribution in [2.75, 3.05) is 13.7 Å². The van der Waals surface area contributed by atoms with E-state index in [1.54, 1.807) is 12.1 Å². The van der Waals surface area contributed by atoms with Gasteiger partial charge in [0.1, 0.15) is 4.21 Å². The van der Waals surface area contributed by atoms with E-state index in [1.807, 2.05) is 31.2 Å². The number of hydrogen-bond acceptors (Lipinski definition) is 5. The number of methoxy groups -OCH3 is 1. The van der Waals surface area contributed by atoms with Crippen LogP contribution in [0.3, 0.4) is 0 Å². The molecule has 2 rings (SSSR count). The second kappa shape index (κ2) is 9.16. The van der Waals surface area contributed by atoms with Crippen molar-refractivity contribution in [1.29, 1.82) is 0 Å². The Labute approximate surface area is 158 Å². The summed E-state index contributed by atoms with van der Waals surface area (Å²) < 4.78 is 32.7. The van der Waals surface area contributed by atoms with E-state index in [9.17, 15) is 13.2 Å². The Balaban J connectivity index is 1.99. The van der Waals surface area contributed by atoms with Crippen molar-refractivity contribution in [2.45, 2.75) is 36.9 Å². The number of carbonyl (C=O) groups excluding carboxylic acids is 1. The fourth-order valence-corrected chi connectivity index (χ4v) is 5.00. The predicted octanol–water partition coefficient (Wildman–Crippen LogP) is 3.25. The maximum absolute atomic E-state index is 12.6. The van der Waals surface area contributed by atoms with Crippen molar-refractivity contribution in [1.82, 2.24) is 10.0 Å². The summed E-state index contributed by atoms with van der Waals surface area (Å²) in [6, 6.07) is 11.0. The third-order valence-corrected chi connectivity index (χ3v) is 7.13. The van der Waals surface area contributed by atoms with Crippen molar-refractivity contribution >= 4 is 27.5 Å². The van der Waals surface area contributed by atoms with Crippen LogP contribution in [0.15, 0.2) is 40.6 Å². The fraction of sp³-hybridized carbons (Fsp3) is 0.389. The molecule has 26 heavy (non-hydrogen) atoms. The number of benzene rings is 1. The fourth-order valence-electron chi connectivity index (χ4n) is 2.40. The second-order valence-corrected chi connectivity index (χ2v) is 8.94. The number of alkyl carbamates (subject to hydrolysis) is 1. The second-order valence-electron chi connectivity index (χ2n) is 5.83. The van der Waals surface area contributed by atoms with Crippen molar-refractivity contribution in [2.24, 2.45) is 0 Å². The van der Waals surface area contributed by atoms with Gasteiger partial charge >= 0.3 is 6.09 Å². The highest BCUT2D eigenvalue weighted by Crippen LogP contribution is 2.24. The zero-order chi connectivity index (χ0) is 19.2. The molecule has 6 nitrogen and oxygen atoms in total. The standard InChI is InChI=1S/C18H24N2O4S2/c1-4-14-5-7-15(8-6-14)13(2)20-26(22,23)17-10-9-16(25-17)11-12-19-18(21)24-3/h5-10,13,20H,4,11-12H2,1-3H3,(H,19,21). The highest BCUT2D eigenvalue weighted by atomic mass is 32.2. The zero-order valence-corrected chi connectivity index (χ0v) is 16.7. The van der Waals surface area contributed by atoms with E-state index in [0.717, 1.165) is 16.9 Å². The van der Waals surface area contributed by atoms with E-state index >= 15 is 0 Å². The first-order chi connectivity index (χ1) is 12.4. The number of rotatable bonds is 8. The van der Waals surface area contributed by atoms with Crippen LogP contribution >= 0.6 is 11.3 Å². The largest absolute Gasteiger partial charge is 0.453 e. The minimum Gasteiger partial charge on any atom is -0.453 e. The molecule has 1 aromatic carbocycles. The molecule has 1 amide bonds. The van der Waals surface area contributed by atoms with Crippen molar-refractivity contribution < 1.29 is 17.9 Å². The van der Waals surface area contributed by atoms with Gasteiger partial charge in [-0.25, -0.2) is 17.9 Å². The van der Waals surface area contributed by atoms with Gasteiger partial charge in [-0.2, -0.15) is 0 Å². The van der Waals surface area contributed by atoms with Gasteiger partial charge in [0, 0.05) is 17.5 Å². The third kappa shape index (κ3) is 5.55. The number of thiophene rings is 1. The van der Waals surface area contributed by atoms with E-state index in [-0.39, 0.29) is 10.3 Å². The molecule has 0 aliphatic rings. The molecule has 0 aliphatic heterocycles. The minimum atomic E-state index is -3.59. The van der Waals surface area contributed by atoms with Crippen LogP contribution in [0.5, 0.6) is 0 Å². The number of ether oxygens (including phenoxy) is 1. The number of carbonyl (C=O) groups is 1. The first-order valence-corrected chi connectivity index (χ1v) is 10.7. The molecule has 0 bridgehead atoms. The van der Waals surface area contributed by atoms with Crippen LogP contribution < -0.4 is 10.0 Å². The maximum Gasteiger partial charge on any atom is 0.406 e. The van der Waals surface area contributed by atoms with Gasteiger partial charge in [0.15, 0.2) is 0 Å². The first-order valence-electron chi connectivity index (χ1n) is 8.37. The lowest BCUT2D eigenvalue weighted by Gasteiger charge is -2.14. The highest BCUT2D eigenvalue weighted by molar-refractivity contribution is 7.91. The molecule has 0 aliphatic carbocycles. The molecule has 1 unspecified atom stereocenters. The lowest BCUT2D eigenvalue weighted by Crippen LogP contribution is -2.26. The van der Waals surface area contributed by atoms with E-state index in [1.165, 1.54) is 24.0 Å². The lowest BCUT2D eigenvalue weighted by atomic mass is 10.1. The molecule has 0 saturated carbocycles. The zero-order valence-electron chi connectivity index (χ0n) is 15.1. The molecular formula is C18H24N2O4S2. The van der Waals surface area contributed by atoms with Crippen LogP contribution in [0.4, 0.5) is 4.79 Å². The van der Waals surface area contributed by atoms with Gasteiger partial charge < -0.3 is 10.1 Å². The van der Waals surface area contributed by atoms with Crippen LogP contribution in [0.25, 0.3) is 0 Å². The van der Waals surface area contributed by atoms with Crippen LogP contribution in [-0.2, 0) is 27.6 Å². The Morgan fingerprint density at radius 2 is 1.88 bits per heavy atom. The molecular weight excluding hydrogens is 372 g/mol. The molecule has 0 radical (unpaired) electrons. The minimum absolute atomic E-state index is 0.266. The van der Waals surface area contributed by atoms with Crippen LogP contribution in [0, 0.1) is 0 Å². The summed E-state index contributed by atoms with van der Waals surface area (Å²) in [5.41, 5.74) is 2.14. The van der Waals surface area contributed by atoms with Crippen molar-refractivity contribution in [3.05, 3.63) is 52.4 Å². The predicted molar refractivity (Wildman–Crippen MR) is 103 cm³/mol. The van der Waals surface area contributed by atoms with Crippen molar-refractivity contribution in [3.8, 4) is 0 Å². The average molecular weight is 397 g/mol. The van der Waals surface area contributed by atoms with Crippen molar-refractivity contribution in [3.63, 3.8) is 0 Å². The van der Waals surface area contributed by atoms with Crippen LogP contribution in [-0.4, -0.2) is 28.2 Å². The van der Waals surface area contributed by atoms with Gasteiger partial charge in [-0.15, -0.1) is 11.3 Å². The third-order valence-electron chi connectivity index (χ3n) is 3.95. The summed E-state index contributed by atoms with van der Waals surface area (Å²) in [6.45, 7) is 4.30. The molecule has 0 saturated heterocycles. The van der Waals surface area contributed by atoms with E-state index in [0.29, 0.717) is 13.0 Å². The summed E-state index contributed by atoms with van der Waals surface area (Å²) in [5.74, 6) is 0. The quantitative estimate of drug-likeness (QED) is 0.717. The summed E-state index contributed by atoms with van der Waals surface area (Å²) in [7, 11) is -2.29. The summed E-state index contributed by atoms with van der Waals surface area (Å²) in [4.78, 5) is 11.9. The Morgan fingerprint density at radius 1 is 1.19 bits per heavy atom. The molecule has 1 aromatic heterocycles. The number of nitrogens with one attached hydrogen (secondary N) is 2. The van der Waals surface area contributed by atoms with Gasteiger partial charge in [0.05, 0.1) is 7.11 Å². The van der Waals surface area contributed by atoms with E-state index in [4.69, 9.17) is 0 Å². The van der Waals surface area contributed by atoms with E-state index in [2.05, 4.69) is 21.7 Å². The number of sulfonamides is 1. The molecule has 1 atom stereocenters. The van der Waals surface area contributed by atoms with Gasteiger partial charge in [-0.05, 0) is 43.0 Å². The van der Waals surface area contributed by atoms with Gasteiger partial charge in [0.2, 0.25) is 0 Å². The Morgan fingerprint density at radius 3 is 2.50 bits per heavy atom. The Hall–Kier alpha value is -1.90. The lowest BCUT2D eigenvalue weighted by molar-refractivity contribution is 0.171. The SMILES string of the molecule is CCc1ccc(C(C)NS(=O)(=O)c2ccc(CCNC(=O)OC)s2)cc1. The van der Waals surface area contributed by atoms with Crippen LogP contribution in [0.1, 0.15) is 35.9 Å². The average Bonchev–Trinajstić information content (AvgIpc) is 3.11. The number of aryl methyl sites for hydroxylation is 1. The normalized spacial score (nSPS) is 12.6. The smallest absolute Gasteiger partial charge is 0.406 e. The molecule has 2 aromatic rings. The molecule has 2 N–H and O–H groups in total. The summed E-state index contributed by atoms with van der Waals surface area (Å²) >= 11 is 1.20. The monoisotopic (exact) mass is 396 g/mol.